The molecule has 2 heterocycles. The highest BCUT2D eigenvalue weighted by Crippen LogP contribution is 2.47. The lowest BCUT2D eigenvalue weighted by Gasteiger charge is -2.19. The van der Waals surface area contributed by atoms with Gasteiger partial charge in [-0.2, -0.15) is 0 Å². The number of nitrogens with zero attached hydrogens (tertiary/aromatic N) is 1. The third kappa shape index (κ3) is 1.26. The van der Waals surface area contributed by atoms with E-state index in [4.69, 9.17) is 34.8 Å². The van der Waals surface area contributed by atoms with E-state index in [0.717, 1.165) is 19.4 Å². The number of halogens is 3. The maximum atomic E-state index is 11.7. The molecule has 5 heteroatoms. The maximum Gasteiger partial charge on any atom is 0.259 e. The molecule has 2 fully saturated rings. The zero-order chi connectivity index (χ0) is 9.64. The fourth-order valence-electron chi connectivity index (χ4n) is 2.25. The van der Waals surface area contributed by atoms with Crippen LogP contribution in [0.15, 0.2) is 0 Å². The van der Waals surface area contributed by atoms with E-state index in [1.807, 2.05) is 0 Å². The summed E-state index contributed by atoms with van der Waals surface area (Å²) in [5.41, 5.74) is 0. The average Bonchev–Trinajstić information content (AvgIpc) is 2.57. The molecule has 2 aliphatic heterocycles. The summed E-state index contributed by atoms with van der Waals surface area (Å²) in [6.07, 6.45) is 2.01. The van der Waals surface area contributed by atoms with Crippen LogP contribution < -0.4 is 0 Å². The Bertz CT molecular complexity index is 244. The lowest BCUT2D eigenvalue weighted by molar-refractivity contribution is -0.128. The average molecular weight is 243 g/mol. The molecule has 1 amide bonds. The van der Waals surface area contributed by atoms with Crippen molar-refractivity contribution >= 4 is 40.7 Å². The van der Waals surface area contributed by atoms with Crippen molar-refractivity contribution in [2.24, 2.45) is 5.92 Å². The van der Waals surface area contributed by atoms with E-state index in [0.29, 0.717) is 5.88 Å². The van der Waals surface area contributed by atoms with Gasteiger partial charge in [0.25, 0.3) is 5.91 Å². The van der Waals surface area contributed by atoms with E-state index in [-0.39, 0.29) is 17.9 Å². The molecule has 1 unspecified atom stereocenters. The smallest absolute Gasteiger partial charge is 0.259 e. The van der Waals surface area contributed by atoms with Crippen molar-refractivity contribution in [1.29, 1.82) is 0 Å². The Morgan fingerprint density at radius 3 is 2.85 bits per heavy atom. The summed E-state index contributed by atoms with van der Waals surface area (Å²) in [5, 5.41) is 0. The van der Waals surface area contributed by atoms with Crippen molar-refractivity contribution < 1.29 is 4.79 Å². The number of alkyl halides is 3. The number of carbonyl (C=O) groups is 1. The van der Waals surface area contributed by atoms with Gasteiger partial charge in [0.05, 0.1) is 0 Å². The van der Waals surface area contributed by atoms with E-state index in [2.05, 4.69) is 0 Å². The van der Waals surface area contributed by atoms with E-state index < -0.39 is 4.33 Å². The summed E-state index contributed by atoms with van der Waals surface area (Å²) in [5.74, 6) is 0.0661. The molecule has 74 valence electrons. The highest BCUT2D eigenvalue weighted by atomic mass is 35.5. The summed E-state index contributed by atoms with van der Waals surface area (Å²) >= 11 is 17.7. The van der Waals surface area contributed by atoms with Crippen molar-refractivity contribution in [1.82, 2.24) is 4.90 Å². The highest BCUT2D eigenvalue weighted by molar-refractivity contribution is 6.59. The van der Waals surface area contributed by atoms with E-state index in [1.54, 1.807) is 4.90 Å². The molecule has 0 saturated carbocycles. The SMILES string of the molecule is O=C1N2CCCC2[C@H](CCl)C1(Cl)Cl. The Morgan fingerprint density at radius 2 is 2.23 bits per heavy atom. The number of amides is 1. The first-order chi connectivity index (χ1) is 6.09. The van der Waals surface area contributed by atoms with Crippen LogP contribution >= 0.6 is 34.8 Å². The first-order valence-electron chi connectivity index (χ1n) is 4.34. The zero-order valence-electron chi connectivity index (χ0n) is 6.97. The third-order valence-electron chi connectivity index (χ3n) is 2.94. The predicted octanol–water partition coefficient (Wildman–Crippen LogP) is 2.02. The minimum absolute atomic E-state index is 0.118. The van der Waals surface area contributed by atoms with Crippen LogP contribution in [0.1, 0.15) is 12.8 Å². The van der Waals surface area contributed by atoms with Crippen molar-refractivity contribution in [2.75, 3.05) is 12.4 Å². The molecule has 0 aromatic carbocycles. The van der Waals surface area contributed by atoms with E-state index in [1.165, 1.54) is 0 Å². The first kappa shape index (κ1) is 9.88. The van der Waals surface area contributed by atoms with E-state index in [9.17, 15) is 4.79 Å². The third-order valence-corrected chi connectivity index (χ3v) is 4.16. The largest absolute Gasteiger partial charge is 0.337 e. The Kier molecular flexibility index (Phi) is 2.42. The van der Waals surface area contributed by atoms with Crippen LogP contribution in [-0.2, 0) is 4.79 Å². The van der Waals surface area contributed by atoms with Gasteiger partial charge < -0.3 is 4.90 Å². The lowest BCUT2D eigenvalue weighted by atomic mass is 10.00. The molecule has 0 radical (unpaired) electrons. The van der Waals surface area contributed by atoms with Crippen LogP contribution in [0.4, 0.5) is 0 Å². The monoisotopic (exact) mass is 241 g/mol. The molecule has 0 aliphatic carbocycles. The minimum Gasteiger partial charge on any atom is -0.337 e. The van der Waals surface area contributed by atoms with Gasteiger partial charge in [-0.15, -0.1) is 11.6 Å². The molecule has 2 atom stereocenters. The Morgan fingerprint density at radius 1 is 1.54 bits per heavy atom. The van der Waals surface area contributed by atoms with Crippen molar-refractivity contribution in [3.05, 3.63) is 0 Å². The van der Waals surface area contributed by atoms with Gasteiger partial charge in [0.2, 0.25) is 4.33 Å². The molecular formula is C8H10Cl3NO. The molecular weight excluding hydrogens is 232 g/mol. The van der Waals surface area contributed by atoms with Crippen LogP contribution in [0.25, 0.3) is 0 Å². The predicted molar refractivity (Wildman–Crippen MR) is 53.4 cm³/mol. The van der Waals surface area contributed by atoms with Crippen LogP contribution in [-0.4, -0.2) is 33.6 Å². The quantitative estimate of drug-likeness (QED) is 0.644. The fraction of sp³-hybridized carbons (Fsp3) is 0.875. The number of hydrogen-bond acceptors (Lipinski definition) is 1. The van der Waals surface area contributed by atoms with Crippen molar-refractivity contribution in [2.45, 2.75) is 23.2 Å². The molecule has 0 bridgehead atoms. The molecule has 0 N–H and O–H groups in total. The second-order valence-corrected chi connectivity index (χ2v) is 5.29. The van der Waals surface area contributed by atoms with Gasteiger partial charge in [-0.1, -0.05) is 23.2 Å². The number of fused-ring (bicyclic) bond motifs is 1. The van der Waals surface area contributed by atoms with Gasteiger partial charge >= 0.3 is 0 Å². The van der Waals surface area contributed by atoms with Crippen LogP contribution in [0.5, 0.6) is 0 Å². The fourth-order valence-corrected chi connectivity index (χ4v) is 3.51. The molecule has 2 rings (SSSR count). The van der Waals surface area contributed by atoms with Crippen molar-refractivity contribution in [3.63, 3.8) is 0 Å². The molecule has 0 aromatic heterocycles. The van der Waals surface area contributed by atoms with Gasteiger partial charge in [0, 0.05) is 24.4 Å². The normalized spacial score (nSPS) is 36.8. The molecule has 0 aromatic rings. The molecule has 2 aliphatic rings. The zero-order valence-corrected chi connectivity index (χ0v) is 9.24. The number of hydrogen-bond donors (Lipinski definition) is 0. The number of rotatable bonds is 1. The summed E-state index contributed by atoms with van der Waals surface area (Å²) in [4.78, 5) is 13.5. The summed E-state index contributed by atoms with van der Waals surface area (Å²) in [6.45, 7) is 0.776. The maximum absolute atomic E-state index is 11.7. The van der Waals surface area contributed by atoms with Gasteiger partial charge in [0.1, 0.15) is 0 Å². The topological polar surface area (TPSA) is 20.3 Å². The first-order valence-corrected chi connectivity index (χ1v) is 5.63. The lowest BCUT2D eigenvalue weighted by Crippen LogP contribution is -2.33. The second-order valence-electron chi connectivity index (χ2n) is 3.59. The van der Waals surface area contributed by atoms with Gasteiger partial charge in [0.15, 0.2) is 0 Å². The van der Waals surface area contributed by atoms with Crippen LogP contribution in [0.3, 0.4) is 0 Å². The summed E-state index contributed by atoms with van der Waals surface area (Å²) in [7, 11) is 0. The Labute approximate surface area is 92.1 Å². The standard InChI is InChI=1S/C8H10Cl3NO/c9-4-5-6-2-1-3-12(6)7(13)8(5,10)11/h5-6H,1-4H2/t5-,6?/m0/s1. The minimum atomic E-state index is -1.28. The number of carbonyl (C=O) groups excluding carboxylic acids is 1. The second kappa shape index (κ2) is 3.18. The van der Waals surface area contributed by atoms with Crippen LogP contribution in [0, 0.1) is 5.92 Å². The van der Waals surface area contributed by atoms with Gasteiger partial charge in [-0.25, -0.2) is 0 Å². The van der Waals surface area contributed by atoms with Crippen molar-refractivity contribution in [3.8, 4) is 0 Å². The molecule has 0 spiro atoms. The highest BCUT2D eigenvalue weighted by Gasteiger charge is 2.58. The Hall–Kier alpha value is 0.340. The van der Waals surface area contributed by atoms with Crippen LogP contribution in [0.2, 0.25) is 0 Å². The molecule has 13 heavy (non-hydrogen) atoms. The summed E-state index contributed by atoms with van der Waals surface area (Å²) < 4.78 is -1.28. The molecule has 2 saturated heterocycles. The van der Waals surface area contributed by atoms with Gasteiger partial charge in [-0.3, -0.25) is 4.79 Å². The Balaban J connectivity index is 2.31. The molecule has 2 nitrogen and oxygen atoms in total. The summed E-state index contributed by atoms with van der Waals surface area (Å²) in [6, 6.07) is 0.167. The van der Waals surface area contributed by atoms with Gasteiger partial charge in [-0.05, 0) is 12.8 Å². The van der Waals surface area contributed by atoms with E-state index >= 15 is 0 Å².